The van der Waals surface area contributed by atoms with E-state index in [0.717, 1.165) is 11.3 Å². The minimum absolute atomic E-state index is 0.190. The van der Waals surface area contributed by atoms with Crippen molar-refractivity contribution in [1.82, 2.24) is 0 Å². The lowest BCUT2D eigenvalue weighted by Crippen LogP contribution is -2.53. The van der Waals surface area contributed by atoms with E-state index in [1.165, 1.54) is 4.90 Å². The summed E-state index contributed by atoms with van der Waals surface area (Å²) in [5.41, 5.74) is 1.67. The molecule has 17 heavy (non-hydrogen) atoms. The zero-order valence-corrected chi connectivity index (χ0v) is 11.8. The van der Waals surface area contributed by atoms with E-state index in [9.17, 15) is 9.90 Å². The van der Waals surface area contributed by atoms with Gasteiger partial charge >= 0.3 is 6.09 Å². The summed E-state index contributed by atoms with van der Waals surface area (Å²) in [6.45, 7) is 6.14. The fourth-order valence-electron chi connectivity index (χ4n) is 2.26. The van der Waals surface area contributed by atoms with Crippen molar-refractivity contribution in [2.45, 2.75) is 31.6 Å². The summed E-state index contributed by atoms with van der Waals surface area (Å²) < 4.78 is -0.574. The van der Waals surface area contributed by atoms with Crippen LogP contribution in [0.25, 0.3) is 0 Å². The molecule has 1 unspecified atom stereocenters. The molecule has 3 nitrogen and oxygen atoms in total. The van der Waals surface area contributed by atoms with E-state index in [1.807, 2.05) is 45.0 Å². The second kappa shape index (κ2) is 3.73. The molecule has 0 saturated carbocycles. The third kappa shape index (κ3) is 1.75. The van der Waals surface area contributed by atoms with Crippen LogP contribution in [0, 0.1) is 5.41 Å². The molecule has 1 heterocycles. The summed E-state index contributed by atoms with van der Waals surface area (Å²) in [4.78, 5) is 13.0. The number of hydrogen-bond donors (Lipinski definition) is 1. The van der Waals surface area contributed by atoms with Crippen molar-refractivity contribution in [2.24, 2.45) is 5.41 Å². The lowest BCUT2D eigenvalue weighted by Gasteiger charge is -2.42. The second-order valence-electron chi connectivity index (χ2n) is 5.43. The van der Waals surface area contributed by atoms with E-state index >= 15 is 0 Å². The molecule has 2 rings (SSSR count). The summed E-state index contributed by atoms with van der Waals surface area (Å²) in [5, 5.41) is 9.45. The van der Waals surface area contributed by atoms with Gasteiger partial charge in [0.25, 0.3) is 0 Å². The number of carboxylic acid groups (broad SMARTS) is 1. The Kier molecular flexibility index (Phi) is 2.73. The maximum atomic E-state index is 11.5. The molecule has 1 aliphatic rings. The van der Waals surface area contributed by atoms with Gasteiger partial charge in [-0.15, -0.1) is 0 Å². The molecular weight excluding hydrogens is 282 g/mol. The minimum atomic E-state index is -0.915. The van der Waals surface area contributed by atoms with E-state index in [2.05, 4.69) is 15.9 Å². The predicted molar refractivity (Wildman–Crippen MR) is 71.8 cm³/mol. The van der Waals surface area contributed by atoms with Crippen LogP contribution in [0.2, 0.25) is 0 Å². The van der Waals surface area contributed by atoms with Crippen LogP contribution in [0.3, 0.4) is 0 Å². The summed E-state index contributed by atoms with van der Waals surface area (Å²) in [5.74, 6) is 0. The number of anilines is 1. The average molecular weight is 298 g/mol. The number of fused-ring (bicyclic) bond motifs is 1. The molecule has 0 bridgehead atoms. The molecule has 1 amide bonds. The molecule has 0 aliphatic carbocycles. The van der Waals surface area contributed by atoms with Gasteiger partial charge in [0.15, 0.2) is 0 Å². The third-order valence-electron chi connectivity index (χ3n) is 3.35. The third-order valence-corrected chi connectivity index (χ3v) is 5.18. The van der Waals surface area contributed by atoms with Crippen molar-refractivity contribution in [2.75, 3.05) is 4.90 Å². The molecule has 0 aromatic heterocycles. The van der Waals surface area contributed by atoms with E-state index in [4.69, 9.17) is 0 Å². The zero-order valence-electron chi connectivity index (χ0n) is 10.2. The van der Waals surface area contributed by atoms with Gasteiger partial charge in [-0.1, -0.05) is 54.9 Å². The van der Waals surface area contributed by atoms with Crippen LogP contribution in [0.1, 0.15) is 26.3 Å². The van der Waals surface area contributed by atoms with Crippen LogP contribution in [-0.4, -0.2) is 15.6 Å². The monoisotopic (exact) mass is 297 g/mol. The van der Waals surface area contributed by atoms with Crippen LogP contribution in [0.15, 0.2) is 24.3 Å². The lowest BCUT2D eigenvalue weighted by molar-refractivity contribution is 0.187. The number of carbonyl (C=O) groups is 1. The smallest absolute Gasteiger partial charge is 0.413 e. The van der Waals surface area contributed by atoms with Gasteiger partial charge in [-0.3, -0.25) is 4.90 Å². The molecule has 0 spiro atoms. The molecule has 4 heteroatoms. The number of para-hydroxylation sites is 1. The number of alkyl halides is 1. The highest BCUT2D eigenvalue weighted by Crippen LogP contribution is 2.51. The number of rotatable bonds is 0. The van der Waals surface area contributed by atoms with Gasteiger partial charge in [-0.05, 0) is 17.0 Å². The van der Waals surface area contributed by atoms with Gasteiger partial charge in [-0.2, -0.15) is 0 Å². The normalized spacial score (nSPS) is 23.6. The van der Waals surface area contributed by atoms with Crippen LogP contribution < -0.4 is 4.90 Å². The Morgan fingerprint density at radius 1 is 1.41 bits per heavy atom. The Labute approximate surface area is 110 Å². The Morgan fingerprint density at radius 3 is 2.53 bits per heavy atom. The molecule has 92 valence electrons. The summed E-state index contributed by atoms with van der Waals surface area (Å²) in [6.07, 6.45) is -0.222. The van der Waals surface area contributed by atoms with Crippen molar-refractivity contribution >= 4 is 27.7 Å². The molecule has 1 aromatic carbocycles. The molecular formula is C13H16BrNO2. The molecule has 1 N–H and O–H groups in total. The van der Waals surface area contributed by atoms with Gasteiger partial charge in [0.2, 0.25) is 0 Å². The number of hydrogen-bond acceptors (Lipinski definition) is 1. The van der Waals surface area contributed by atoms with Gasteiger partial charge in [0, 0.05) is 6.42 Å². The van der Waals surface area contributed by atoms with Gasteiger partial charge in [-0.25, -0.2) is 4.79 Å². The SMILES string of the molecule is CC(C)(C)C1(Br)Cc2ccccc2N1C(=O)O. The molecule has 0 saturated heterocycles. The first kappa shape index (κ1) is 12.4. The number of nitrogens with zero attached hydrogens (tertiary/aromatic N) is 1. The van der Waals surface area contributed by atoms with E-state index in [1.54, 1.807) is 0 Å². The minimum Gasteiger partial charge on any atom is -0.465 e. The van der Waals surface area contributed by atoms with Crippen molar-refractivity contribution in [3.8, 4) is 0 Å². The topological polar surface area (TPSA) is 40.5 Å². The number of benzene rings is 1. The first-order chi connectivity index (χ1) is 7.77. The van der Waals surface area contributed by atoms with Gasteiger partial charge < -0.3 is 5.11 Å². The van der Waals surface area contributed by atoms with Crippen molar-refractivity contribution in [3.05, 3.63) is 29.8 Å². The fourth-order valence-corrected chi connectivity index (χ4v) is 2.90. The first-order valence-corrected chi connectivity index (χ1v) is 6.36. The highest BCUT2D eigenvalue weighted by molar-refractivity contribution is 9.10. The molecule has 0 radical (unpaired) electrons. The van der Waals surface area contributed by atoms with E-state index in [0.29, 0.717) is 6.42 Å². The lowest BCUT2D eigenvalue weighted by atomic mass is 9.84. The van der Waals surface area contributed by atoms with E-state index in [-0.39, 0.29) is 5.41 Å². The second-order valence-corrected chi connectivity index (χ2v) is 6.74. The number of amides is 1. The Morgan fingerprint density at radius 2 is 2.00 bits per heavy atom. The van der Waals surface area contributed by atoms with Crippen LogP contribution in [0.5, 0.6) is 0 Å². The van der Waals surface area contributed by atoms with Crippen LogP contribution in [-0.2, 0) is 6.42 Å². The van der Waals surface area contributed by atoms with Crippen molar-refractivity contribution in [1.29, 1.82) is 0 Å². The zero-order chi connectivity index (χ0) is 12.8. The molecule has 0 fully saturated rings. The Bertz CT molecular complexity index is 467. The molecule has 1 aromatic rings. The fraction of sp³-hybridized carbons (Fsp3) is 0.462. The quantitative estimate of drug-likeness (QED) is 0.583. The largest absolute Gasteiger partial charge is 0.465 e. The Balaban J connectivity index is 2.58. The van der Waals surface area contributed by atoms with Gasteiger partial charge in [0.1, 0.15) is 4.45 Å². The van der Waals surface area contributed by atoms with Crippen molar-refractivity contribution in [3.63, 3.8) is 0 Å². The van der Waals surface area contributed by atoms with Crippen LogP contribution >= 0.6 is 15.9 Å². The number of halogens is 1. The highest BCUT2D eigenvalue weighted by atomic mass is 79.9. The maximum Gasteiger partial charge on any atom is 0.413 e. The van der Waals surface area contributed by atoms with Gasteiger partial charge in [0.05, 0.1) is 5.69 Å². The molecule has 1 aliphatic heterocycles. The Hall–Kier alpha value is -1.03. The van der Waals surface area contributed by atoms with Crippen LogP contribution in [0.4, 0.5) is 10.5 Å². The summed E-state index contributed by atoms with van der Waals surface area (Å²) >= 11 is 3.66. The highest BCUT2D eigenvalue weighted by Gasteiger charge is 2.52. The maximum absolute atomic E-state index is 11.5. The predicted octanol–water partition coefficient (Wildman–Crippen LogP) is 3.86. The molecule has 1 atom stereocenters. The first-order valence-electron chi connectivity index (χ1n) is 5.57. The van der Waals surface area contributed by atoms with Crippen molar-refractivity contribution < 1.29 is 9.90 Å². The summed E-state index contributed by atoms with van der Waals surface area (Å²) in [7, 11) is 0. The summed E-state index contributed by atoms with van der Waals surface area (Å²) in [6, 6.07) is 7.66. The standard InChI is InChI=1S/C13H16BrNO2/c1-12(2,3)13(14)8-9-6-4-5-7-10(9)15(13)11(16)17/h4-7H,8H2,1-3H3,(H,16,17). The average Bonchev–Trinajstić information content (AvgIpc) is 2.49. The van der Waals surface area contributed by atoms with E-state index < -0.39 is 10.5 Å².